The van der Waals surface area contributed by atoms with Crippen LogP contribution in [0, 0.1) is 0 Å². The summed E-state index contributed by atoms with van der Waals surface area (Å²) in [5, 5.41) is 10.1. The number of benzene rings is 2. The molecule has 5 nitrogen and oxygen atoms in total. The van der Waals surface area contributed by atoms with Crippen LogP contribution in [0.1, 0.15) is 15.9 Å². The lowest BCUT2D eigenvalue weighted by molar-refractivity contribution is 0.0697. The standard InChI is InChI=1S/C18H17NO4/c1-19-10-13(11-23-17-6-4-3-5-16(17)22-2)14-8-7-12(18(20)21)9-15(14)19/h3-10H,11H2,1-2H3,(H,20,21). The predicted octanol–water partition coefficient (Wildman–Crippen LogP) is 3.46. The largest absolute Gasteiger partial charge is 0.493 e. The fourth-order valence-electron chi connectivity index (χ4n) is 2.61. The summed E-state index contributed by atoms with van der Waals surface area (Å²) in [6.07, 6.45) is 1.95. The third-order valence-electron chi connectivity index (χ3n) is 3.77. The van der Waals surface area contributed by atoms with E-state index in [-0.39, 0.29) is 5.56 Å². The molecule has 1 N–H and O–H groups in total. The van der Waals surface area contributed by atoms with Gasteiger partial charge in [0.05, 0.1) is 12.7 Å². The zero-order chi connectivity index (χ0) is 16.4. The number of carboxylic acid groups (broad SMARTS) is 1. The first kappa shape index (κ1) is 15.0. The normalized spacial score (nSPS) is 10.7. The Morgan fingerprint density at radius 1 is 1.17 bits per heavy atom. The van der Waals surface area contributed by atoms with Crippen molar-refractivity contribution in [2.45, 2.75) is 6.61 Å². The van der Waals surface area contributed by atoms with Gasteiger partial charge >= 0.3 is 5.97 Å². The Labute approximate surface area is 133 Å². The highest BCUT2D eigenvalue weighted by Gasteiger charge is 2.11. The van der Waals surface area contributed by atoms with Gasteiger partial charge in [0, 0.05) is 29.7 Å². The smallest absolute Gasteiger partial charge is 0.335 e. The molecule has 2 aromatic carbocycles. The van der Waals surface area contributed by atoms with Gasteiger partial charge in [-0.2, -0.15) is 0 Å². The van der Waals surface area contributed by atoms with Gasteiger partial charge in [0.2, 0.25) is 0 Å². The quantitative estimate of drug-likeness (QED) is 0.784. The van der Waals surface area contributed by atoms with Crippen LogP contribution in [0.3, 0.4) is 0 Å². The van der Waals surface area contributed by atoms with Crippen LogP contribution < -0.4 is 9.47 Å². The number of aryl methyl sites for hydroxylation is 1. The second kappa shape index (κ2) is 6.04. The van der Waals surface area contributed by atoms with Crippen LogP contribution in [0.25, 0.3) is 10.9 Å². The Bertz CT molecular complexity index is 867. The van der Waals surface area contributed by atoms with Crippen LogP contribution in [0.2, 0.25) is 0 Å². The van der Waals surface area contributed by atoms with Crippen molar-refractivity contribution in [1.82, 2.24) is 4.57 Å². The maximum absolute atomic E-state index is 11.1. The number of nitrogens with zero attached hydrogens (tertiary/aromatic N) is 1. The number of para-hydroxylation sites is 2. The molecule has 0 radical (unpaired) electrons. The second-order valence-corrected chi connectivity index (χ2v) is 5.24. The van der Waals surface area contributed by atoms with Gasteiger partial charge in [-0.25, -0.2) is 4.79 Å². The summed E-state index contributed by atoms with van der Waals surface area (Å²) in [5.74, 6) is 0.426. The summed E-state index contributed by atoms with van der Waals surface area (Å²) in [5.41, 5.74) is 2.13. The molecule has 0 aliphatic rings. The molecule has 0 aliphatic carbocycles. The van der Waals surface area contributed by atoms with Crippen LogP contribution in [0.15, 0.2) is 48.7 Å². The van der Waals surface area contributed by atoms with Crippen molar-refractivity contribution in [2.75, 3.05) is 7.11 Å². The molecule has 118 valence electrons. The van der Waals surface area contributed by atoms with E-state index in [0.717, 1.165) is 16.5 Å². The molecule has 0 spiro atoms. The highest BCUT2D eigenvalue weighted by Crippen LogP contribution is 2.28. The van der Waals surface area contributed by atoms with E-state index in [2.05, 4.69) is 0 Å². The number of ether oxygens (including phenoxy) is 2. The molecule has 0 unspecified atom stereocenters. The summed E-state index contributed by atoms with van der Waals surface area (Å²) in [6.45, 7) is 0.379. The van der Waals surface area contributed by atoms with Gasteiger partial charge < -0.3 is 19.1 Å². The minimum atomic E-state index is -0.931. The van der Waals surface area contributed by atoms with Gasteiger partial charge in [-0.1, -0.05) is 18.2 Å². The highest BCUT2D eigenvalue weighted by molar-refractivity contribution is 5.94. The van der Waals surface area contributed by atoms with Gasteiger partial charge in [-0.3, -0.25) is 0 Å². The molecule has 3 rings (SSSR count). The van der Waals surface area contributed by atoms with Crippen molar-refractivity contribution in [1.29, 1.82) is 0 Å². The lowest BCUT2D eigenvalue weighted by Gasteiger charge is -2.09. The average molecular weight is 311 g/mol. The number of carboxylic acids is 1. The molecular weight excluding hydrogens is 294 g/mol. The van der Waals surface area contributed by atoms with Crippen LogP contribution in [0.4, 0.5) is 0 Å². The fraction of sp³-hybridized carbons (Fsp3) is 0.167. The molecule has 1 aromatic heterocycles. The first-order chi connectivity index (χ1) is 11.1. The molecule has 0 aliphatic heterocycles. The van der Waals surface area contributed by atoms with Crippen LogP contribution in [-0.4, -0.2) is 22.8 Å². The summed E-state index contributed by atoms with van der Waals surface area (Å²) < 4.78 is 13.0. The summed E-state index contributed by atoms with van der Waals surface area (Å²) >= 11 is 0. The van der Waals surface area contributed by atoms with Gasteiger partial charge in [0.15, 0.2) is 11.5 Å². The highest BCUT2D eigenvalue weighted by atomic mass is 16.5. The molecule has 0 saturated carbocycles. The minimum Gasteiger partial charge on any atom is -0.493 e. The molecular formula is C18H17NO4. The average Bonchev–Trinajstić information content (AvgIpc) is 2.89. The lowest BCUT2D eigenvalue weighted by Crippen LogP contribution is -1.97. The first-order valence-corrected chi connectivity index (χ1v) is 7.17. The minimum absolute atomic E-state index is 0.274. The van der Waals surface area contributed by atoms with E-state index in [1.165, 1.54) is 0 Å². The zero-order valence-corrected chi connectivity index (χ0v) is 12.9. The monoisotopic (exact) mass is 311 g/mol. The number of rotatable bonds is 5. The second-order valence-electron chi connectivity index (χ2n) is 5.24. The number of fused-ring (bicyclic) bond motifs is 1. The third kappa shape index (κ3) is 2.85. The molecule has 23 heavy (non-hydrogen) atoms. The number of aromatic nitrogens is 1. The number of hydrogen-bond acceptors (Lipinski definition) is 3. The van der Waals surface area contributed by atoms with Crippen molar-refractivity contribution in [2.24, 2.45) is 7.05 Å². The maximum Gasteiger partial charge on any atom is 0.335 e. The van der Waals surface area contributed by atoms with Crippen LogP contribution in [-0.2, 0) is 13.7 Å². The Morgan fingerprint density at radius 2 is 1.91 bits per heavy atom. The molecule has 1 heterocycles. The Morgan fingerprint density at radius 3 is 2.61 bits per heavy atom. The Kier molecular flexibility index (Phi) is 3.93. The SMILES string of the molecule is COc1ccccc1OCc1cn(C)c2cc(C(=O)O)ccc12. The fourth-order valence-corrected chi connectivity index (χ4v) is 2.61. The van der Waals surface area contributed by atoms with E-state index in [1.807, 2.05) is 48.1 Å². The van der Waals surface area contributed by atoms with E-state index in [0.29, 0.717) is 18.1 Å². The van der Waals surface area contributed by atoms with E-state index in [4.69, 9.17) is 14.6 Å². The van der Waals surface area contributed by atoms with E-state index in [9.17, 15) is 4.79 Å². The van der Waals surface area contributed by atoms with Crippen molar-refractivity contribution in [3.8, 4) is 11.5 Å². The number of hydrogen-bond donors (Lipinski definition) is 1. The van der Waals surface area contributed by atoms with Crippen molar-refractivity contribution < 1.29 is 19.4 Å². The molecule has 0 atom stereocenters. The molecule has 0 saturated heterocycles. The van der Waals surface area contributed by atoms with Crippen molar-refractivity contribution in [3.63, 3.8) is 0 Å². The third-order valence-corrected chi connectivity index (χ3v) is 3.77. The molecule has 3 aromatic rings. The molecule has 0 fully saturated rings. The summed E-state index contributed by atoms with van der Waals surface area (Å²) in [6, 6.07) is 12.6. The van der Waals surface area contributed by atoms with Crippen LogP contribution in [0.5, 0.6) is 11.5 Å². The number of aromatic carboxylic acids is 1. The first-order valence-electron chi connectivity index (χ1n) is 7.17. The Balaban J connectivity index is 1.90. The van der Waals surface area contributed by atoms with Crippen LogP contribution >= 0.6 is 0 Å². The number of carbonyl (C=O) groups is 1. The predicted molar refractivity (Wildman–Crippen MR) is 87.2 cm³/mol. The van der Waals surface area contributed by atoms with E-state index < -0.39 is 5.97 Å². The Hall–Kier alpha value is -2.95. The number of methoxy groups -OCH3 is 1. The summed E-state index contributed by atoms with van der Waals surface area (Å²) in [4.78, 5) is 11.1. The topological polar surface area (TPSA) is 60.7 Å². The van der Waals surface area contributed by atoms with Gasteiger partial charge in [0.1, 0.15) is 6.61 Å². The van der Waals surface area contributed by atoms with E-state index >= 15 is 0 Å². The van der Waals surface area contributed by atoms with E-state index in [1.54, 1.807) is 19.2 Å². The van der Waals surface area contributed by atoms with Crippen molar-refractivity contribution >= 4 is 16.9 Å². The molecule has 0 amide bonds. The zero-order valence-electron chi connectivity index (χ0n) is 12.9. The van der Waals surface area contributed by atoms with Crippen molar-refractivity contribution in [3.05, 3.63) is 59.8 Å². The lowest BCUT2D eigenvalue weighted by atomic mass is 10.1. The van der Waals surface area contributed by atoms with Gasteiger partial charge in [-0.15, -0.1) is 0 Å². The van der Waals surface area contributed by atoms with Gasteiger partial charge in [0.25, 0.3) is 0 Å². The maximum atomic E-state index is 11.1. The molecule has 0 bridgehead atoms. The molecule has 5 heteroatoms. The summed E-state index contributed by atoms with van der Waals surface area (Å²) in [7, 11) is 3.49. The van der Waals surface area contributed by atoms with Gasteiger partial charge in [-0.05, 0) is 24.3 Å².